The first-order valence-electron chi connectivity index (χ1n) is 19.5. The Kier molecular flexibility index (Phi) is 7.82. The van der Waals surface area contributed by atoms with Gasteiger partial charge in [-0.05, 0) is 112 Å². The Bertz CT molecular complexity index is 3170. The Morgan fingerprint density at radius 2 is 0.947 bits per heavy atom. The van der Waals surface area contributed by atoms with Gasteiger partial charge in [-0.2, -0.15) is 0 Å². The van der Waals surface area contributed by atoms with Crippen LogP contribution >= 0.6 is 0 Å². The molecule has 268 valence electrons. The number of benzene rings is 9. The van der Waals surface area contributed by atoms with Gasteiger partial charge in [-0.15, -0.1) is 0 Å². The van der Waals surface area contributed by atoms with Crippen molar-refractivity contribution in [2.45, 2.75) is 0 Å². The van der Waals surface area contributed by atoms with Crippen LogP contribution in [0.25, 0.3) is 77.1 Å². The van der Waals surface area contributed by atoms with Crippen LogP contribution in [0, 0.1) is 0 Å². The molecule has 3 heteroatoms. The van der Waals surface area contributed by atoms with E-state index in [0.29, 0.717) is 0 Å². The molecule has 11 aromatic rings. The van der Waals surface area contributed by atoms with Gasteiger partial charge in [-0.1, -0.05) is 140 Å². The van der Waals surface area contributed by atoms with E-state index < -0.39 is 0 Å². The van der Waals surface area contributed by atoms with Crippen LogP contribution in [0.2, 0.25) is 0 Å². The third-order valence-corrected chi connectivity index (χ3v) is 11.3. The van der Waals surface area contributed by atoms with Crippen molar-refractivity contribution in [2.24, 2.45) is 0 Å². The van der Waals surface area contributed by atoms with Gasteiger partial charge in [0.1, 0.15) is 0 Å². The van der Waals surface area contributed by atoms with Crippen LogP contribution < -0.4 is 4.90 Å². The summed E-state index contributed by atoms with van der Waals surface area (Å²) in [5.41, 5.74) is 13.9. The second-order valence-electron chi connectivity index (χ2n) is 14.7. The number of nitrogens with zero attached hydrogens (tertiary/aromatic N) is 3. The minimum atomic E-state index is 1.09. The lowest BCUT2D eigenvalue weighted by molar-refractivity contribution is 1.13. The van der Waals surface area contributed by atoms with Gasteiger partial charge in [0.15, 0.2) is 0 Å². The molecule has 9 aromatic carbocycles. The number of fused-ring (bicyclic) bond motifs is 6. The van der Waals surface area contributed by atoms with E-state index in [1.54, 1.807) is 0 Å². The molecular formula is C54H37N3. The van der Waals surface area contributed by atoms with Crippen LogP contribution in [0.5, 0.6) is 0 Å². The molecule has 0 aliphatic rings. The number of anilines is 3. The third-order valence-electron chi connectivity index (χ3n) is 11.3. The molecule has 0 unspecified atom stereocenters. The third kappa shape index (κ3) is 5.68. The first-order chi connectivity index (χ1) is 28.3. The van der Waals surface area contributed by atoms with Crippen molar-refractivity contribution in [3.05, 3.63) is 225 Å². The van der Waals surface area contributed by atoms with E-state index in [1.165, 1.54) is 60.2 Å². The van der Waals surface area contributed by atoms with Gasteiger partial charge in [0, 0.05) is 50.8 Å². The molecule has 0 bridgehead atoms. The maximum absolute atomic E-state index is 2.46. The standard InChI is InChI=1S/C54H37N3/c1-4-15-38(16-5-1)42-33-43(39-17-6-2-7-18-39)36-48(35-42)55-32-31-51-52(55)30-29-50-49-25-12-13-26-53(49)57(54(50)51)46-24-14-23-45(37-46)56(44-21-8-3-9-22-44)47-28-27-40-19-10-11-20-41(40)34-47/h1-37H. The summed E-state index contributed by atoms with van der Waals surface area (Å²) in [4.78, 5) is 2.36. The fourth-order valence-corrected chi connectivity index (χ4v) is 8.63. The maximum atomic E-state index is 2.46. The van der Waals surface area contributed by atoms with Gasteiger partial charge in [0.05, 0.1) is 16.6 Å². The van der Waals surface area contributed by atoms with Gasteiger partial charge in [0.2, 0.25) is 0 Å². The number of aromatic nitrogens is 2. The summed E-state index contributed by atoms with van der Waals surface area (Å²) in [7, 11) is 0. The second-order valence-corrected chi connectivity index (χ2v) is 14.7. The molecule has 0 radical (unpaired) electrons. The highest BCUT2D eigenvalue weighted by atomic mass is 15.1. The molecule has 57 heavy (non-hydrogen) atoms. The highest BCUT2D eigenvalue weighted by Crippen LogP contribution is 2.41. The van der Waals surface area contributed by atoms with Gasteiger partial charge < -0.3 is 14.0 Å². The number of hydrogen-bond acceptors (Lipinski definition) is 1. The van der Waals surface area contributed by atoms with Crippen LogP contribution in [0.1, 0.15) is 0 Å². The molecule has 0 spiro atoms. The van der Waals surface area contributed by atoms with Crippen molar-refractivity contribution in [3.63, 3.8) is 0 Å². The largest absolute Gasteiger partial charge is 0.316 e. The molecule has 11 rings (SSSR count). The van der Waals surface area contributed by atoms with E-state index in [1.807, 2.05) is 0 Å². The SMILES string of the molecule is c1ccc(-c2cc(-c3ccccc3)cc(-n3ccc4c3ccc3c5ccccc5n(-c5cccc(N(c6ccccc6)c6ccc7ccccc7c6)c5)c34)c2)cc1. The lowest BCUT2D eigenvalue weighted by atomic mass is 9.98. The molecule has 0 amide bonds. The molecule has 0 aliphatic carbocycles. The zero-order valence-corrected chi connectivity index (χ0v) is 31.2. The first-order valence-corrected chi connectivity index (χ1v) is 19.5. The number of para-hydroxylation sites is 2. The van der Waals surface area contributed by atoms with E-state index in [2.05, 4.69) is 239 Å². The topological polar surface area (TPSA) is 13.1 Å². The van der Waals surface area contributed by atoms with Crippen LogP contribution in [-0.4, -0.2) is 9.13 Å². The lowest BCUT2D eigenvalue weighted by Crippen LogP contribution is -2.10. The summed E-state index contributed by atoms with van der Waals surface area (Å²) in [6.45, 7) is 0. The van der Waals surface area contributed by atoms with Gasteiger partial charge in [-0.25, -0.2) is 0 Å². The summed E-state index contributed by atoms with van der Waals surface area (Å²) >= 11 is 0. The molecule has 0 atom stereocenters. The van der Waals surface area contributed by atoms with Crippen LogP contribution in [0.4, 0.5) is 17.1 Å². The van der Waals surface area contributed by atoms with Crippen LogP contribution in [-0.2, 0) is 0 Å². The predicted octanol–water partition coefficient (Wildman–Crippen LogP) is 14.7. The van der Waals surface area contributed by atoms with Gasteiger partial charge in [0.25, 0.3) is 0 Å². The van der Waals surface area contributed by atoms with Gasteiger partial charge >= 0.3 is 0 Å². The summed E-state index contributed by atoms with van der Waals surface area (Å²) < 4.78 is 4.81. The highest BCUT2D eigenvalue weighted by Gasteiger charge is 2.20. The van der Waals surface area contributed by atoms with Crippen molar-refractivity contribution < 1.29 is 0 Å². The molecule has 0 saturated heterocycles. The van der Waals surface area contributed by atoms with Crippen molar-refractivity contribution in [1.29, 1.82) is 0 Å². The average molecular weight is 728 g/mol. The Morgan fingerprint density at radius 3 is 1.70 bits per heavy atom. The van der Waals surface area contributed by atoms with Gasteiger partial charge in [-0.3, -0.25) is 0 Å². The Hall–Kier alpha value is -7.62. The molecule has 3 nitrogen and oxygen atoms in total. The van der Waals surface area contributed by atoms with E-state index in [0.717, 1.165) is 34.0 Å². The molecule has 0 fully saturated rings. The zero-order valence-electron chi connectivity index (χ0n) is 31.2. The minimum absolute atomic E-state index is 1.09. The van der Waals surface area contributed by atoms with E-state index in [-0.39, 0.29) is 0 Å². The average Bonchev–Trinajstić information content (AvgIpc) is 3.87. The van der Waals surface area contributed by atoms with Crippen LogP contribution in [0.3, 0.4) is 0 Å². The van der Waals surface area contributed by atoms with Crippen molar-refractivity contribution >= 4 is 60.5 Å². The first kappa shape index (κ1) is 32.8. The van der Waals surface area contributed by atoms with Crippen molar-refractivity contribution in [2.75, 3.05) is 4.90 Å². The Morgan fingerprint density at radius 1 is 0.316 bits per heavy atom. The predicted molar refractivity (Wildman–Crippen MR) is 241 cm³/mol. The summed E-state index contributed by atoms with van der Waals surface area (Å²) in [5, 5.41) is 6.12. The van der Waals surface area contributed by atoms with Crippen molar-refractivity contribution in [1.82, 2.24) is 9.13 Å². The van der Waals surface area contributed by atoms with Crippen LogP contribution in [0.15, 0.2) is 225 Å². The summed E-state index contributed by atoms with van der Waals surface area (Å²) in [5.74, 6) is 0. The molecular weight excluding hydrogens is 691 g/mol. The highest BCUT2D eigenvalue weighted by molar-refractivity contribution is 6.18. The summed E-state index contributed by atoms with van der Waals surface area (Å²) in [6.07, 6.45) is 2.23. The van der Waals surface area contributed by atoms with E-state index in [9.17, 15) is 0 Å². The molecule has 0 aliphatic heterocycles. The normalized spacial score (nSPS) is 11.5. The minimum Gasteiger partial charge on any atom is -0.316 e. The maximum Gasteiger partial charge on any atom is 0.0635 e. The Labute approximate surface area is 331 Å². The smallest absolute Gasteiger partial charge is 0.0635 e. The van der Waals surface area contributed by atoms with Crippen molar-refractivity contribution in [3.8, 4) is 33.6 Å². The number of hydrogen-bond donors (Lipinski definition) is 0. The fraction of sp³-hybridized carbons (Fsp3) is 0. The second kappa shape index (κ2) is 13.6. The monoisotopic (exact) mass is 727 g/mol. The quantitative estimate of drug-likeness (QED) is 0.159. The summed E-state index contributed by atoms with van der Waals surface area (Å²) in [6, 6.07) is 78.9. The Balaban J connectivity index is 1.11. The molecule has 0 saturated carbocycles. The molecule has 2 heterocycles. The fourth-order valence-electron chi connectivity index (χ4n) is 8.63. The lowest BCUT2D eigenvalue weighted by Gasteiger charge is -2.26. The van der Waals surface area contributed by atoms with E-state index in [4.69, 9.17) is 0 Å². The number of rotatable bonds is 7. The van der Waals surface area contributed by atoms with E-state index >= 15 is 0 Å². The molecule has 0 N–H and O–H groups in total. The zero-order chi connectivity index (χ0) is 37.7. The molecule has 2 aromatic heterocycles.